The molecule has 1 aromatic carbocycles. The van der Waals surface area contributed by atoms with Crippen LogP contribution in [0.15, 0.2) is 24.3 Å². The van der Waals surface area contributed by atoms with Crippen molar-refractivity contribution in [2.75, 3.05) is 13.7 Å². The molecule has 2 N–H and O–H groups in total. The maximum atomic E-state index is 11.3. The number of nitrogens with one attached hydrogen (secondary N) is 1. The Kier molecular flexibility index (Phi) is 4.87. The largest absolute Gasteiger partial charge is 0.467 e. The minimum atomic E-state index is -1.51. The monoisotopic (exact) mass is 251 g/mol. The Bertz CT molecular complexity index is 415. The van der Waals surface area contributed by atoms with Crippen LogP contribution in [0.4, 0.5) is 0 Å². The third-order valence-electron chi connectivity index (χ3n) is 3.03. The summed E-state index contributed by atoms with van der Waals surface area (Å²) in [5.74, 6) is -0.632. The van der Waals surface area contributed by atoms with Gasteiger partial charge in [0, 0.05) is 12.6 Å². The van der Waals surface area contributed by atoms with Gasteiger partial charge in [-0.3, -0.25) is 0 Å². The van der Waals surface area contributed by atoms with Crippen LogP contribution in [0.5, 0.6) is 0 Å². The molecular formula is C14H21NO3. The maximum absolute atomic E-state index is 11.3. The minimum Gasteiger partial charge on any atom is -0.467 e. The van der Waals surface area contributed by atoms with E-state index >= 15 is 0 Å². The van der Waals surface area contributed by atoms with Gasteiger partial charge in [0.05, 0.1) is 7.11 Å². The van der Waals surface area contributed by atoms with Crippen LogP contribution in [0.2, 0.25) is 0 Å². The van der Waals surface area contributed by atoms with E-state index in [9.17, 15) is 9.90 Å². The zero-order valence-electron chi connectivity index (χ0n) is 11.4. The molecule has 2 atom stereocenters. The lowest BCUT2D eigenvalue weighted by atomic mass is 10.0. The summed E-state index contributed by atoms with van der Waals surface area (Å²) in [7, 11) is 1.27. The number of aryl methyl sites for hydroxylation is 1. The van der Waals surface area contributed by atoms with Gasteiger partial charge in [0.2, 0.25) is 0 Å². The van der Waals surface area contributed by atoms with Gasteiger partial charge in [0.25, 0.3) is 0 Å². The summed E-state index contributed by atoms with van der Waals surface area (Å²) in [6.45, 7) is 5.62. The normalized spacial score (nSPS) is 15.8. The first-order chi connectivity index (χ1) is 8.38. The van der Waals surface area contributed by atoms with Gasteiger partial charge in [0.1, 0.15) is 0 Å². The number of carbonyl (C=O) groups is 1. The van der Waals surface area contributed by atoms with Gasteiger partial charge in [-0.25, -0.2) is 4.79 Å². The number of hydrogen-bond acceptors (Lipinski definition) is 4. The van der Waals surface area contributed by atoms with E-state index in [1.54, 1.807) is 0 Å². The first-order valence-corrected chi connectivity index (χ1v) is 5.98. The zero-order valence-corrected chi connectivity index (χ0v) is 11.4. The molecule has 4 nitrogen and oxygen atoms in total. The summed E-state index contributed by atoms with van der Waals surface area (Å²) in [5, 5.41) is 13.1. The molecule has 0 saturated heterocycles. The molecule has 0 fully saturated rings. The number of carbonyl (C=O) groups excluding carboxylic acids is 1. The molecule has 0 amide bonds. The number of rotatable bonds is 5. The molecule has 0 bridgehead atoms. The number of aliphatic hydroxyl groups is 1. The van der Waals surface area contributed by atoms with Crippen molar-refractivity contribution in [2.45, 2.75) is 32.4 Å². The van der Waals surface area contributed by atoms with Gasteiger partial charge in [-0.1, -0.05) is 24.3 Å². The molecular weight excluding hydrogens is 230 g/mol. The highest BCUT2D eigenvalue weighted by Gasteiger charge is 2.31. The van der Waals surface area contributed by atoms with Gasteiger partial charge in [0.15, 0.2) is 5.60 Å². The number of benzene rings is 1. The van der Waals surface area contributed by atoms with Gasteiger partial charge in [-0.05, 0) is 31.9 Å². The Balaban J connectivity index is 2.64. The van der Waals surface area contributed by atoms with E-state index in [0.29, 0.717) is 0 Å². The van der Waals surface area contributed by atoms with Crippen LogP contribution in [0.25, 0.3) is 0 Å². The first-order valence-electron chi connectivity index (χ1n) is 5.98. The standard InChI is InChI=1S/C14H21NO3/c1-10-7-5-6-8-12(10)11(2)15-9-14(3,17)13(16)18-4/h5-8,11,15,17H,9H2,1-4H3/t11-,14?/m1/s1. The lowest BCUT2D eigenvalue weighted by Gasteiger charge is -2.24. The topological polar surface area (TPSA) is 58.6 Å². The van der Waals surface area contributed by atoms with E-state index in [2.05, 4.69) is 10.1 Å². The summed E-state index contributed by atoms with van der Waals surface area (Å²) >= 11 is 0. The maximum Gasteiger partial charge on any atom is 0.338 e. The summed E-state index contributed by atoms with van der Waals surface area (Å²) in [5.41, 5.74) is 0.819. The van der Waals surface area contributed by atoms with Crippen molar-refractivity contribution < 1.29 is 14.6 Å². The third-order valence-corrected chi connectivity index (χ3v) is 3.03. The van der Waals surface area contributed by atoms with Crippen LogP contribution in [0, 0.1) is 6.92 Å². The van der Waals surface area contributed by atoms with Crippen LogP contribution in [0.1, 0.15) is 31.0 Å². The lowest BCUT2D eigenvalue weighted by molar-refractivity contribution is -0.160. The van der Waals surface area contributed by atoms with E-state index in [4.69, 9.17) is 0 Å². The fourth-order valence-electron chi connectivity index (χ4n) is 1.83. The smallest absolute Gasteiger partial charge is 0.338 e. The lowest BCUT2D eigenvalue weighted by Crippen LogP contribution is -2.46. The predicted octanol–water partition coefficient (Wildman–Crippen LogP) is 1.57. The molecule has 0 spiro atoms. The Labute approximate surface area is 108 Å². The second-order valence-corrected chi connectivity index (χ2v) is 4.72. The number of hydrogen-bond donors (Lipinski definition) is 2. The van der Waals surface area contributed by atoms with Crippen molar-refractivity contribution in [1.82, 2.24) is 5.32 Å². The van der Waals surface area contributed by atoms with Gasteiger partial charge in [-0.15, -0.1) is 0 Å². The molecule has 0 aliphatic rings. The van der Waals surface area contributed by atoms with E-state index < -0.39 is 11.6 Å². The number of esters is 1. The SMILES string of the molecule is COC(=O)C(C)(O)CN[C@H](C)c1ccccc1C. The molecule has 1 unspecified atom stereocenters. The average molecular weight is 251 g/mol. The van der Waals surface area contributed by atoms with Crippen LogP contribution in [-0.4, -0.2) is 30.3 Å². The second-order valence-electron chi connectivity index (χ2n) is 4.72. The molecule has 1 rings (SSSR count). The van der Waals surface area contributed by atoms with Crippen molar-refractivity contribution >= 4 is 5.97 Å². The van der Waals surface area contributed by atoms with Crippen molar-refractivity contribution in [3.8, 4) is 0 Å². The zero-order chi connectivity index (χ0) is 13.8. The highest BCUT2D eigenvalue weighted by molar-refractivity contribution is 5.78. The summed E-state index contributed by atoms with van der Waals surface area (Å²) in [4.78, 5) is 11.3. The van der Waals surface area contributed by atoms with Crippen LogP contribution in [0.3, 0.4) is 0 Å². The van der Waals surface area contributed by atoms with Crippen molar-refractivity contribution in [1.29, 1.82) is 0 Å². The molecule has 4 heteroatoms. The van der Waals surface area contributed by atoms with Crippen molar-refractivity contribution in [3.63, 3.8) is 0 Å². The fraction of sp³-hybridized carbons (Fsp3) is 0.500. The van der Waals surface area contributed by atoms with Crippen LogP contribution >= 0.6 is 0 Å². The highest BCUT2D eigenvalue weighted by Crippen LogP contribution is 2.17. The van der Waals surface area contributed by atoms with E-state index in [1.807, 2.05) is 38.1 Å². The van der Waals surface area contributed by atoms with E-state index in [0.717, 1.165) is 5.56 Å². The fourth-order valence-corrected chi connectivity index (χ4v) is 1.83. The predicted molar refractivity (Wildman–Crippen MR) is 70.2 cm³/mol. The van der Waals surface area contributed by atoms with Crippen molar-refractivity contribution in [2.24, 2.45) is 0 Å². The molecule has 18 heavy (non-hydrogen) atoms. The highest BCUT2D eigenvalue weighted by atomic mass is 16.5. The second kappa shape index (κ2) is 5.98. The molecule has 0 aromatic heterocycles. The molecule has 0 saturated carbocycles. The average Bonchev–Trinajstić information content (AvgIpc) is 2.35. The minimum absolute atomic E-state index is 0.0577. The van der Waals surface area contributed by atoms with Crippen LogP contribution < -0.4 is 5.32 Å². The molecule has 0 heterocycles. The molecule has 0 aliphatic heterocycles. The molecule has 0 aliphatic carbocycles. The van der Waals surface area contributed by atoms with E-state index in [-0.39, 0.29) is 12.6 Å². The summed E-state index contributed by atoms with van der Waals surface area (Å²) in [6, 6.07) is 8.07. The summed E-state index contributed by atoms with van der Waals surface area (Å²) < 4.78 is 4.55. The Morgan fingerprint density at radius 2 is 2.11 bits per heavy atom. The van der Waals surface area contributed by atoms with Crippen LogP contribution in [-0.2, 0) is 9.53 Å². The summed E-state index contributed by atoms with van der Waals surface area (Å²) in [6.07, 6.45) is 0. The molecule has 1 aromatic rings. The molecule has 0 radical (unpaired) electrons. The van der Waals surface area contributed by atoms with Gasteiger partial charge < -0.3 is 15.2 Å². The first kappa shape index (κ1) is 14.7. The van der Waals surface area contributed by atoms with Crippen molar-refractivity contribution in [3.05, 3.63) is 35.4 Å². The molecule has 100 valence electrons. The third kappa shape index (κ3) is 3.55. The quantitative estimate of drug-likeness (QED) is 0.780. The van der Waals surface area contributed by atoms with Gasteiger partial charge in [-0.2, -0.15) is 0 Å². The number of methoxy groups -OCH3 is 1. The Morgan fingerprint density at radius 1 is 1.50 bits per heavy atom. The van der Waals surface area contributed by atoms with Gasteiger partial charge >= 0.3 is 5.97 Å². The van der Waals surface area contributed by atoms with E-state index in [1.165, 1.54) is 19.6 Å². The Morgan fingerprint density at radius 3 is 2.67 bits per heavy atom. The number of ether oxygens (including phenoxy) is 1. The Hall–Kier alpha value is -1.39.